The highest BCUT2D eigenvalue weighted by Gasteiger charge is 2.43. The van der Waals surface area contributed by atoms with E-state index >= 15 is 0 Å². The lowest BCUT2D eigenvalue weighted by molar-refractivity contribution is -0.0908. The molecule has 2 heterocycles. The molecule has 12 heavy (non-hydrogen) atoms. The summed E-state index contributed by atoms with van der Waals surface area (Å²) in [5, 5.41) is 8.38. The number of hydrogen-bond donors (Lipinski definition) is 1. The third kappa shape index (κ3) is 1.25. The normalized spacial score (nSPS) is 39.5. The van der Waals surface area contributed by atoms with Gasteiger partial charge in [-0.1, -0.05) is 0 Å². The molecule has 2 fully saturated rings. The summed E-state index contributed by atoms with van der Waals surface area (Å²) in [6.07, 6.45) is -0.997. The number of rotatable bonds is 1. The van der Waals surface area contributed by atoms with E-state index in [2.05, 4.69) is 4.74 Å². The maximum absolute atomic E-state index is 10.2. The molecule has 0 aromatic rings. The van der Waals surface area contributed by atoms with Crippen molar-refractivity contribution in [1.29, 1.82) is 0 Å². The Morgan fingerprint density at radius 1 is 1.50 bits per heavy atom. The maximum Gasteiger partial charge on any atom is 0.506 e. The molecule has 0 spiro atoms. The topological polar surface area (TPSA) is 65.0 Å². The van der Waals surface area contributed by atoms with Gasteiger partial charge in [0.15, 0.2) is 6.29 Å². The van der Waals surface area contributed by atoms with E-state index in [0.29, 0.717) is 13.2 Å². The van der Waals surface area contributed by atoms with Crippen LogP contribution in [0.15, 0.2) is 0 Å². The summed E-state index contributed by atoms with van der Waals surface area (Å²) in [6.45, 7) is 0.955. The van der Waals surface area contributed by atoms with E-state index < -0.39 is 6.16 Å². The van der Waals surface area contributed by atoms with E-state index in [1.807, 2.05) is 0 Å². The van der Waals surface area contributed by atoms with Crippen molar-refractivity contribution in [3.63, 3.8) is 0 Å². The standard InChI is InChI=1S/C7H10O5/c8-7(9)12-5-3-11-6-4(5)1-2-10-6/h4-6H,1-3H2,(H,8,9)/t4?,5?,6-/m1/s1. The van der Waals surface area contributed by atoms with Gasteiger partial charge in [-0.25, -0.2) is 4.79 Å². The molecule has 68 valence electrons. The van der Waals surface area contributed by atoms with E-state index in [-0.39, 0.29) is 18.3 Å². The molecule has 0 aromatic heterocycles. The Kier molecular flexibility index (Phi) is 1.90. The van der Waals surface area contributed by atoms with Crippen molar-refractivity contribution in [1.82, 2.24) is 0 Å². The molecule has 1 N–H and O–H groups in total. The second-order valence-corrected chi connectivity index (χ2v) is 2.95. The molecule has 0 amide bonds. The van der Waals surface area contributed by atoms with Crippen LogP contribution in [0.5, 0.6) is 0 Å². The van der Waals surface area contributed by atoms with Gasteiger partial charge < -0.3 is 19.3 Å². The van der Waals surface area contributed by atoms with Gasteiger partial charge in [0.2, 0.25) is 0 Å². The van der Waals surface area contributed by atoms with Gasteiger partial charge in [-0.05, 0) is 6.42 Å². The SMILES string of the molecule is O=C(O)OC1CO[C@H]2OCCC12. The number of carboxylic acid groups (broad SMARTS) is 1. The molecule has 2 aliphatic heterocycles. The summed E-state index contributed by atoms with van der Waals surface area (Å²) in [5.41, 5.74) is 0. The van der Waals surface area contributed by atoms with Gasteiger partial charge in [-0.2, -0.15) is 0 Å². The van der Waals surface area contributed by atoms with E-state index in [1.54, 1.807) is 0 Å². The molecule has 2 rings (SSSR count). The first-order valence-electron chi connectivity index (χ1n) is 3.90. The first-order valence-corrected chi connectivity index (χ1v) is 3.90. The Labute approximate surface area is 69.2 Å². The number of hydrogen-bond acceptors (Lipinski definition) is 4. The summed E-state index contributed by atoms with van der Waals surface area (Å²) in [5.74, 6) is 0.0982. The lowest BCUT2D eigenvalue weighted by Crippen LogP contribution is -2.25. The van der Waals surface area contributed by atoms with Crippen LogP contribution in [0.1, 0.15) is 6.42 Å². The Bertz CT molecular complexity index is 192. The molecule has 0 aromatic carbocycles. The zero-order valence-electron chi connectivity index (χ0n) is 6.43. The molecule has 0 radical (unpaired) electrons. The van der Waals surface area contributed by atoms with Crippen molar-refractivity contribution in [3.05, 3.63) is 0 Å². The Hall–Kier alpha value is -0.810. The van der Waals surface area contributed by atoms with Crippen molar-refractivity contribution in [3.8, 4) is 0 Å². The average Bonchev–Trinajstić information content (AvgIpc) is 2.52. The number of ether oxygens (including phenoxy) is 3. The molecule has 5 nitrogen and oxygen atoms in total. The van der Waals surface area contributed by atoms with Crippen LogP contribution in [-0.2, 0) is 14.2 Å². The van der Waals surface area contributed by atoms with Crippen molar-refractivity contribution >= 4 is 6.16 Å². The minimum Gasteiger partial charge on any atom is -0.450 e. The highest BCUT2D eigenvalue weighted by Crippen LogP contribution is 2.32. The number of carbonyl (C=O) groups is 1. The van der Waals surface area contributed by atoms with Crippen molar-refractivity contribution in [2.24, 2.45) is 5.92 Å². The van der Waals surface area contributed by atoms with Gasteiger partial charge in [0.05, 0.1) is 19.1 Å². The Morgan fingerprint density at radius 3 is 3.08 bits per heavy atom. The van der Waals surface area contributed by atoms with Crippen molar-refractivity contribution in [2.45, 2.75) is 18.8 Å². The van der Waals surface area contributed by atoms with Crippen LogP contribution in [-0.4, -0.2) is 36.9 Å². The molecule has 0 aliphatic carbocycles. The van der Waals surface area contributed by atoms with E-state index in [0.717, 1.165) is 6.42 Å². The summed E-state index contributed by atoms with van der Waals surface area (Å²) in [7, 11) is 0. The molecular formula is C7H10O5. The molecule has 3 atom stereocenters. The van der Waals surface area contributed by atoms with Crippen LogP contribution in [0.4, 0.5) is 4.79 Å². The van der Waals surface area contributed by atoms with Gasteiger partial charge >= 0.3 is 6.16 Å². The smallest absolute Gasteiger partial charge is 0.450 e. The molecule has 2 saturated heterocycles. The molecule has 5 heteroatoms. The fourth-order valence-corrected chi connectivity index (χ4v) is 1.68. The lowest BCUT2D eigenvalue weighted by atomic mass is 10.0. The first-order chi connectivity index (χ1) is 5.77. The van der Waals surface area contributed by atoms with Crippen LogP contribution >= 0.6 is 0 Å². The predicted octanol–water partition coefficient (Wildman–Crippen LogP) is 0.442. The first kappa shape index (κ1) is 7.82. The second kappa shape index (κ2) is 2.91. The monoisotopic (exact) mass is 174 g/mol. The van der Waals surface area contributed by atoms with Gasteiger partial charge in [0, 0.05) is 0 Å². The predicted molar refractivity (Wildman–Crippen MR) is 36.7 cm³/mol. The summed E-state index contributed by atoms with van der Waals surface area (Å²) >= 11 is 0. The van der Waals surface area contributed by atoms with Crippen LogP contribution < -0.4 is 0 Å². The maximum atomic E-state index is 10.2. The fraction of sp³-hybridized carbons (Fsp3) is 0.857. The van der Waals surface area contributed by atoms with E-state index in [1.165, 1.54) is 0 Å². The van der Waals surface area contributed by atoms with Crippen molar-refractivity contribution in [2.75, 3.05) is 13.2 Å². The van der Waals surface area contributed by atoms with Crippen molar-refractivity contribution < 1.29 is 24.1 Å². The highest BCUT2D eigenvalue weighted by atomic mass is 16.7. The molecule has 0 saturated carbocycles. The third-order valence-electron chi connectivity index (χ3n) is 2.24. The van der Waals surface area contributed by atoms with Gasteiger partial charge in [-0.3, -0.25) is 0 Å². The average molecular weight is 174 g/mol. The van der Waals surface area contributed by atoms with Crippen LogP contribution in [0.2, 0.25) is 0 Å². The fourth-order valence-electron chi connectivity index (χ4n) is 1.68. The quantitative estimate of drug-likeness (QED) is 0.584. The summed E-state index contributed by atoms with van der Waals surface area (Å²) in [6, 6.07) is 0. The van der Waals surface area contributed by atoms with E-state index in [4.69, 9.17) is 14.6 Å². The van der Waals surface area contributed by atoms with Crippen LogP contribution in [0.3, 0.4) is 0 Å². The van der Waals surface area contributed by atoms with Crippen LogP contribution in [0.25, 0.3) is 0 Å². The van der Waals surface area contributed by atoms with Gasteiger partial charge in [0.1, 0.15) is 6.10 Å². The minimum absolute atomic E-state index is 0.0982. The van der Waals surface area contributed by atoms with Gasteiger partial charge in [-0.15, -0.1) is 0 Å². The van der Waals surface area contributed by atoms with Crippen LogP contribution in [0, 0.1) is 5.92 Å². The molecule has 0 bridgehead atoms. The third-order valence-corrected chi connectivity index (χ3v) is 2.24. The largest absolute Gasteiger partial charge is 0.506 e. The number of fused-ring (bicyclic) bond motifs is 1. The van der Waals surface area contributed by atoms with E-state index in [9.17, 15) is 4.79 Å². The Morgan fingerprint density at radius 2 is 2.33 bits per heavy atom. The second-order valence-electron chi connectivity index (χ2n) is 2.95. The molecule has 2 unspecified atom stereocenters. The zero-order chi connectivity index (χ0) is 8.55. The Balaban J connectivity index is 1.95. The highest BCUT2D eigenvalue weighted by molar-refractivity contribution is 5.57. The summed E-state index contributed by atoms with van der Waals surface area (Å²) in [4.78, 5) is 10.2. The zero-order valence-corrected chi connectivity index (χ0v) is 6.43. The summed E-state index contributed by atoms with van der Waals surface area (Å²) < 4.78 is 15.0. The lowest BCUT2D eigenvalue weighted by Gasteiger charge is -2.12. The molecule has 2 aliphatic rings. The van der Waals surface area contributed by atoms with Gasteiger partial charge in [0.25, 0.3) is 0 Å². The molecular weight excluding hydrogens is 164 g/mol. The minimum atomic E-state index is -1.24.